The molecule has 1 aliphatic rings. The number of fused-ring (bicyclic) bond motifs is 7. The molecule has 0 unspecified atom stereocenters. The van der Waals surface area contributed by atoms with Gasteiger partial charge in [-0.05, 0) is 103 Å². The summed E-state index contributed by atoms with van der Waals surface area (Å²) in [6.45, 7) is 4.73. The van der Waals surface area contributed by atoms with E-state index in [9.17, 15) is 0 Å². The van der Waals surface area contributed by atoms with E-state index in [1.807, 2.05) is 11.3 Å². The van der Waals surface area contributed by atoms with Gasteiger partial charge in [-0.1, -0.05) is 172 Å². The standard InChI is InChI=1S/C55H39NS/c1-55(2)50-21-10-8-17-46(50)47-32-30-43(35-51(47)55)56(42-28-25-38(26-29-42)45-19-12-20-49-48-18-9-11-22-53(48)57-54(45)49)52-34-41(27-31-44(52)37-14-4-3-5-15-37)40-24-23-36-13-6-7-16-39(36)33-40/h3-35H,1-2H3. The zero-order valence-corrected chi connectivity index (χ0v) is 32.7. The molecule has 270 valence electrons. The molecular formula is C55H39NS. The van der Waals surface area contributed by atoms with Crippen molar-refractivity contribution >= 4 is 59.3 Å². The van der Waals surface area contributed by atoms with Crippen LogP contribution in [-0.4, -0.2) is 0 Å². The van der Waals surface area contributed by atoms with Crippen LogP contribution < -0.4 is 4.90 Å². The predicted molar refractivity (Wildman–Crippen MR) is 245 cm³/mol. The normalized spacial score (nSPS) is 12.9. The second-order valence-electron chi connectivity index (χ2n) is 15.7. The van der Waals surface area contributed by atoms with Crippen LogP contribution in [0.3, 0.4) is 0 Å². The molecule has 0 N–H and O–H groups in total. The molecule has 1 aliphatic carbocycles. The Morgan fingerprint density at radius 2 is 1.00 bits per heavy atom. The van der Waals surface area contributed by atoms with Crippen molar-refractivity contribution in [3.05, 3.63) is 211 Å². The molecule has 2 heteroatoms. The van der Waals surface area contributed by atoms with Gasteiger partial charge in [0.05, 0.1) is 5.69 Å². The number of anilines is 3. The molecule has 10 aromatic rings. The summed E-state index contributed by atoms with van der Waals surface area (Å²) in [5.41, 5.74) is 15.9. The summed E-state index contributed by atoms with van der Waals surface area (Å²) in [4.78, 5) is 2.48. The Bertz CT molecular complexity index is 3150. The zero-order chi connectivity index (χ0) is 38.1. The number of nitrogens with zero attached hydrogens (tertiary/aromatic N) is 1. The quantitative estimate of drug-likeness (QED) is 0.164. The molecule has 0 atom stereocenters. The van der Waals surface area contributed by atoms with E-state index in [-0.39, 0.29) is 5.41 Å². The third-order valence-corrected chi connectivity index (χ3v) is 13.3. The molecule has 11 rings (SSSR count). The molecule has 1 aromatic heterocycles. The van der Waals surface area contributed by atoms with Crippen LogP contribution in [0.1, 0.15) is 25.0 Å². The summed E-state index contributed by atoms with van der Waals surface area (Å²) in [6, 6.07) is 74.0. The highest BCUT2D eigenvalue weighted by molar-refractivity contribution is 7.26. The lowest BCUT2D eigenvalue weighted by Crippen LogP contribution is -2.17. The van der Waals surface area contributed by atoms with Crippen molar-refractivity contribution in [1.82, 2.24) is 0 Å². The molecule has 1 nitrogen and oxygen atoms in total. The molecule has 0 fully saturated rings. The monoisotopic (exact) mass is 745 g/mol. The van der Waals surface area contributed by atoms with Crippen molar-refractivity contribution in [1.29, 1.82) is 0 Å². The van der Waals surface area contributed by atoms with E-state index in [4.69, 9.17) is 0 Å². The highest BCUT2D eigenvalue weighted by Crippen LogP contribution is 2.52. The van der Waals surface area contributed by atoms with Gasteiger partial charge >= 0.3 is 0 Å². The van der Waals surface area contributed by atoms with E-state index in [0.717, 1.165) is 17.1 Å². The Labute approximate surface area is 337 Å². The highest BCUT2D eigenvalue weighted by Gasteiger charge is 2.36. The van der Waals surface area contributed by atoms with Gasteiger partial charge in [-0.3, -0.25) is 0 Å². The number of rotatable bonds is 6. The third kappa shape index (κ3) is 5.51. The highest BCUT2D eigenvalue weighted by atomic mass is 32.1. The van der Waals surface area contributed by atoms with Crippen LogP contribution in [0, 0.1) is 0 Å². The van der Waals surface area contributed by atoms with Crippen molar-refractivity contribution in [3.63, 3.8) is 0 Å². The third-order valence-electron chi connectivity index (χ3n) is 12.1. The van der Waals surface area contributed by atoms with Gasteiger partial charge in [0.1, 0.15) is 0 Å². The Balaban J connectivity index is 1.12. The Kier molecular flexibility index (Phi) is 7.77. The summed E-state index contributed by atoms with van der Waals surface area (Å²) in [7, 11) is 0. The molecular weight excluding hydrogens is 707 g/mol. The van der Waals surface area contributed by atoms with E-state index >= 15 is 0 Å². The van der Waals surface area contributed by atoms with Gasteiger partial charge in [0.15, 0.2) is 0 Å². The molecule has 1 heterocycles. The number of hydrogen-bond donors (Lipinski definition) is 0. The van der Waals surface area contributed by atoms with E-state index in [0.29, 0.717) is 0 Å². The predicted octanol–water partition coefficient (Wildman–Crippen LogP) is 16.0. The molecule has 57 heavy (non-hydrogen) atoms. The van der Waals surface area contributed by atoms with Crippen LogP contribution in [0.15, 0.2) is 200 Å². The lowest BCUT2D eigenvalue weighted by Gasteiger charge is -2.30. The van der Waals surface area contributed by atoms with Crippen LogP contribution in [0.2, 0.25) is 0 Å². The van der Waals surface area contributed by atoms with Gasteiger partial charge in [0, 0.05) is 42.5 Å². The first-order chi connectivity index (χ1) is 28.0. The molecule has 9 aromatic carbocycles. The van der Waals surface area contributed by atoms with Gasteiger partial charge in [-0.2, -0.15) is 0 Å². The van der Waals surface area contributed by atoms with Gasteiger partial charge in [0.2, 0.25) is 0 Å². The van der Waals surface area contributed by atoms with Crippen LogP contribution in [0.25, 0.3) is 75.5 Å². The average molecular weight is 746 g/mol. The van der Waals surface area contributed by atoms with E-state index in [1.54, 1.807) is 0 Å². The molecule has 0 spiro atoms. The van der Waals surface area contributed by atoms with Crippen LogP contribution in [0.5, 0.6) is 0 Å². The maximum absolute atomic E-state index is 2.48. The number of thiophene rings is 1. The van der Waals surface area contributed by atoms with Crippen molar-refractivity contribution in [3.8, 4) is 44.5 Å². The molecule has 0 saturated carbocycles. The fraction of sp³-hybridized carbons (Fsp3) is 0.0545. The van der Waals surface area contributed by atoms with Crippen molar-refractivity contribution in [2.45, 2.75) is 19.3 Å². The van der Waals surface area contributed by atoms with E-state index < -0.39 is 0 Å². The van der Waals surface area contributed by atoms with Crippen molar-refractivity contribution in [2.24, 2.45) is 0 Å². The van der Waals surface area contributed by atoms with E-state index in [1.165, 1.54) is 86.6 Å². The molecule has 0 aliphatic heterocycles. The molecule has 0 radical (unpaired) electrons. The Morgan fingerprint density at radius 1 is 0.386 bits per heavy atom. The summed E-state index contributed by atoms with van der Waals surface area (Å²) in [5, 5.41) is 5.13. The summed E-state index contributed by atoms with van der Waals surface area (Å²) in [6.07, 6.45) is 0. The first kappa shape index (κ1) is 33.6. The molecule has 0 saturated heterocycles. The van der Waals surface area contributed by atoms with Crippen molar-refractivity contribution in [2.75, 3.05) is 4.90 Å². The molecule has 0 amide bonds. The smallest absolute Gasteiger partial charge is 0.0546 e. The fourth-order valence-electron chi connectivity index (χ4n) is 9.15. The van der Waals surface area contributed by atoms with Crippen LogP contribution >= 0.6 is 11.3 Å². The van der Waals surface area contributed by atoms with Crippen molar-refractivity contribution < 1.29 is 0 Å². The minimum Gasteiger partial charge on any atom is -0.310 e. The average Bonchev–Trinajstić information content (AvgIpc) is 3.76. The summed E-state index contributed by atoms with van der Waals surface area (Å²) >= 11 is 1.88. The first-order valence-corrected chi connectivity index (χ1v) is 20.6. The minimum atomic E-state index is -0.129. The van der Waals surface area contributed by atoms with Gasteiger partial charge in [-0.25, -0.2) is 0 Å². The zero-order valence-electron chi connectivity index (χ0n) is 31.9. The first-order valence-electron chi connectivity index (χ1n) is 19.8. The minimum absolute atomic E-state index is 0.129. The van der Waals surface area contributed by atoms with Gasteiger partial charge in [-0.15, -0.1) is 11.3 Å². The molecule has 0 bridgehead atoms. The van der Waals surface area contributed by atoms with Crippen LogP contribution in [0.4, 0.5) is 17.1 Å². The van der Waals surface area contributed by atoms with Gasteiger partial charge in [0.25, 0.3) is 0 Å². The fourth-order valence-corrected chi connectivity index (χ4v) is 10.4. The largest absolute Gasteiger partial charge is 0.310 e. The second-order valence-corrected chi connectivity index (χ2v) is 16.8. The summed E-state index contributed by atoms with van der Waals surface area (Å²) < 4.78 is 2.65. The SMILES string of the molecule is CC1(C)c2ccccc2-c2ccc(N(c3ccc(-c4cccc5c4sc4ccccc45)cc3)c3cc(-c4ccc5ccccc5c4)ccc3-c3ccccc3)cc21. The Morgan fingerprint density at radius 3 is 1.88 bits per heavy atom. The maximum Gasteiger partial charge on any atom is 0.0546 e. The Hall–Kier alpha value is -6.74. The second kappa shape index (κ2) is 13.2. The maximum atomic E-state index is 2.48. The topological polar surface area (TPSA) is 3.24 Å². The van der Waals surface area contributed by atoms with Gasteiger partial charge < -0.3 is 4.90 Å². The lowest BCUT2D eigenvalue weighted by atomic mass is 9.82. The van der Waals surface area contributed by atoms with Crippen LogP contribution in [-0.2, 0) is 5.41 Å². The number of benzene rings is 9. The number of hydrogen-bond acceptors (Lipinski definition) is 2. The van der Waals surface area contributed by atoms with E-state index in [2.05, 4.69) is 219 Å². The summed E-state index contributed by atoms with van der Waals surface area (Å²) in [5.74, 6) is 0. The lowest BCUT2D eigenvalue weighted by molar-refractivity contribution is 0.660.